The highest BCUT2D eigenvalue weighted by Gasteiger charge is 2.33. The zero-order valence-corrected chi connectivity index (χ0v) is 10.8. The van der Waals surface area contributed by atoms with Crippen molar-refractivity contribution >= 4 is 11.8 Å². The van der Waals surface area contributed by atoms with Gasteiger partial charge >= 0.3 is 0 Å². The lowest BCUT2D eigenvalue weighted by atomic mass is 9.93. The third kappa shape index (κ3) is 3.22. The number of hydrogen-bond acceptors (Lipinski definition) is 3. The molecular formula is C13H23N3O2. The van der Waals surface area contributed by atoms with E-state index in [4.69, 9.17) is 11.5 Å². The Hall–Kier alpha value is -1.10. The van der Waals surface area contributed by atoms with E-state index in [2.05, 4.69) is 0 Å². The molecule has 1 heterocycles. The Kier molecular flexibility index (Phi) is 4.22. The number of primary amides is 1. The minimum atomic E-state index is -0.266. The highest BCUT2D eigenvalue weighted by Crippen LogP contribution is 2.28. The molecular weight excluding hydrogens is 230 g/mol. The molecule has 0 aromatic carbocycles. The van der Waals surface area contributed by atoms with E-state index in [0.29, 0.717) is 13.0 Å². The Balaban J connectivity index is 1.88. The summed E-state index contributed by atoms with van der Waals surface area (Å²) >= 11 is 0. The van der Waals surface area contributed by atoms with Gasteiger partial charge in [0, 0.05) is 31.5 Å². The quantitative estimate of drug-likeness (QED) is 0.754. The van der Waals surface area contributed by atoms with Crippen molar-refractivity contribution in [1.29, 1.82) is 0 Å². The number of piperidine rings is 1. The Labute approximate surface area is 108 Å². The van der Waals surface area contributed by atoms with Crippen LogP contribution in [0.5, 0.6) is 0 Å². The maximum atomic E-state index is 12.3. The van der Waals surface area contributed by atoms with Crippen LogP contribution >= 0.6 is 0 Å². The molecule has 5 nitrogen and oxygen atoms in total. The van der Waals surface area contributed by atoms with Gasteiger partial charge in [-0.1, -0.05) is 0 Å². The second-order valence-corrected chi connectivity index (χ2v) is 5.73. The highest BCUT2D eigenvalue weighted by atomic mass is 16.2. The van der Waals surface area contributed by atoms with Gasteiger partial charge in [0.1, 0.15) is 0 Å². The van der Waals surface area contributed by atoms with Gasteiger partial charge in [-0.2, -0.15) is 0 Å². The van der Waals surface area contributed by atoms with E-state index in [-0.39, 0.29) is 29.7 Å². The number of nitrogens with zero attached hydrogens (tertiary/aromatic N) is 1. The summed E-state index contributed by atoms with van der Waals surface area (Å²) in [6.45, 7) is 1.51. The van der Waals surface area contributed by atoms with E-state index in [9.17, 15) is 9.59 Å². The number of likely N-dealkylation sites (tertiary alicyclic amines) is 1. The van der Waals surface area contributed by atoms with Gasteiger partial charge in [-0.3, -0.25) is 9.59 Å². The molecule has 2 amide bonds. The van der Waals surface area contributed by atoms with Crippen molar-refractivity contribution in [2.45, 2.75) is 44.6 Å². The first-order chi connectivity index (χ1) is 8.56. The van der Waals surface area contributed by atoms with E-state index < -0.39 is 0 Å². The second kappa shape index (κ2) is 5.69. The summed E-state index contributed by atoms with van der Waals surface area (Å²) in [5, 5.41) is 0. The molecule has 1 saturated heterocycles. The number of carbonyl (C=O) groups excluding carboxylic acids is 2. The van der Waals surface area contributed by atoms with Gasteiger partial charge in [-0.15, -0.1) is 0 Å². The van der Waals surface area contributed by atoms with Crippen LogP contribution in [0.4, 0.5) is 0 Å². The van der Waals surface area contributed by atoms with Crippen molar-refractivity contribution in [3.05, 3.63) is 0 Å². The number of amides is 2. The first-order valence-corrected chi connectivity index (χ1v) is 6.89. The summed E-state index contributed by atoms with van der Waals surface area (Å²) in [7, 11) is 0. The first kappa shape index (κ1) is 13.3. The molecule has 2 fully saturated rings. The van der Waals surface area contributed by atoms with E-state index >= 15 is 0 Å². The summed E-state index contributed by atoms with van der Waals surface area (Å²) in [5.41, 5.74) is 11.1. The predicted molar refractivity (Wildman–Crippen MR) is 68.4 cm³/mol. The summed E-state index contributed by atoms with van der Waals surface area (Å²) in [6.07, 6.45) is 5.05. The van der Waals surface area contributed by atoms with Crippen LogP contribution in [0, 0.1) is 11.8 Å². The molecule has 1 aliphatic heterocycles. The first-order valence-electron chi connectivity index (χ1n) is 6.89. The highest BCUT2D eigenvalue weighted by molar-refractivity contribution is 5.79. The predicted octanol–water partition coefficient (Wildman–Crippen LogP) is 0.228. The largest absolute Gasteiger partial charge is 0.370 e. The zero-order chi connectivity index (χ0) is 13.1. The van der Waals surface area contributed by atoms with Gasteiger partial charge in [0.25, 0.3) is 0 Å². The molecule has 1 aliphatic carbocycles. The molecule has 0 aromatic heterocycles. The van der Waals surface area contributed by atoms with Gasteiger partial charge < -0.3 is 16.4 Å². The van der Waals surface area contributed by atoms with Crippen molar-refractivity contribution in [3.8, 4) is 0 Å². The molecule has 2 aliphatic rings. The third-order valence-corrected chi connectivity index (χ3v) is 4.14. The van der Waals surface area contributed by atoms with E-state index in [1.54, 1.807) is 0 Å². The Morgan fingerprint density at radius 1 is 1.22 bits per heavy atom. The zero-order valence-electron chi connectivity index (χ0n) is 10.8. The minimum Gasteiger partial charge on any atom is -0.370 e. The summed E-state index contributed by atoms with van der Waals surface area (Å²) in [6, 6.07) is 0.185. The van der Waals surface area contributed by atoms with E-state index in [0.717, 1.165) is 38.6 Å². The van der Waals surface area contributed by atoms with Gasteiger partial charge in [0.15, 0.2) is 0 Å². The van der Waals surface area contributed by atoms with Crippen LogP contribution < -0.4 is 11.5 Å². The minimum absolute atomic E-state index is 0.104. The Bertz CT molecular complexity index is 332. The SMILES string of the molecule is NC(=O)CC1CCCN(C(=O)C2CCC(N)C2)C1. The van der Waals surface area contributed by atoms with Crippen LogP contribution in [-0.2, 0) is 9.59 Å². The Morgan fingerprint density at radius 2 is 2.00 bits per heavy atom. The number of hydrogen-bond donors (Lipinski definition) is 2. The molecule has 0 bridgehead atoms. The molecule has 3 atom stereocenters. The Morgan fingerprint density at radius 3 is 2.61 bits per heavy atom. The lowest BCUT2D eigenvalue weighted by molar-refractivity contribution is -0.138. The molecule has 3 unspecified atom stereocenters. The van der Waals surface area contributed by atoms with Crippen LogP contribution in [0.25, 0.3) is 0 Å². The number of nitrogens with two attached hydrogens (primary N) is 2. The van der Waals surface area contributed by atoms with Crippen LogP contribution in [0.1, 0.15) is 38.5 Å². The van der Waals surface area contributed by atoms with Crippen molar-refractivity contribution in [1.82, 2.24) is 4.90 Å². The van der Waals surface area contributed by atoms with Crippen molar-refractivity contribution < 1.29 is 9.59 Å². The fourth-order valence-corrected chi connectivity index (χ4v) is 3.22. The normalized spacial score (nSPS) is 32.5. The molecule has 4 N–H and O–H groups in total. The molecule has 0 spiro atoms. The van der Waals surface area contributed by atoms with Gasteiger partial charge in [0.05, 0.1) is 0 Å². The van der Waals surface area contributed by atoms with Gasteiger partial charge in [0.2, 0.25) is 11.8 Å². The maximum Gasteiger partial charge on any atom is 0.225 e. The van der Waals surface area contributed by atoms with E-state index in [1.165, 1.54) is 0 Å². The van der Waals surface area contributed by atoms with Crippen molar-refractivity contribution in [2.24, 2.45) is 23.3 Å². The van der Waals surface area contributed by atoms with Crippen LogP contribution in [-0.4, -0.2) is 35.8 Å². The van der Waals surface area contributed by atoms with Gasteiger partial charge in [-0.05, 0) is 38.0 Å². The lowest BCUT2D eigenvalue weighted by Crippen LogP contribution is -2.43. The molecule has 0 radical (unpaired) electrons. The molecule has 1 saturated carbocycles. The number of rotatable bonds is 3. The molecule has 18 heavy (non-hydrogen) atoms. The second-order valence-electron chi connectivity index (χ2n) is 5.73. The molecule has 0 aromatic rings. The fraction of sp³-hybridized carbons (Fsp3) is 0.846. The molecule has 102 valence electrons. The van der Waals surface area contributed by atoms with E-state index in [1.807, 2.05) is 4.90 Å². The average Bonchev–Trinajstić information content (AvgIpc) is 2.74. The fourth-order valence-electron chi connectivity index (χ4n) is 3.22. The lowest BCUT2D eigenvalue weighted by Gasteiger charge is -2.34. The monoisotopic (exact) mass is 253 g/mol. The van der Waals surface area contributed by atoms with Crippen molar-refractivity contribution in [2.75, 3.05) is 13.1 Å². The maximum absolute atomic E-state index is 12.3. The number of carbonyl (C=O) groups is 2. The van der Waals surface area contributed by atoms with Gasteiger partial charge in [-0.25, -0.2) is 0 Å². The standard InChI is InChI=1S/C13H23N3O2/c14-11-4-3-10(7-11)13(18)16-5-1-2-9(8-16)6-12(15)17/h9-11H,1-8,14H2,(H2,15,17). The van der Waals surface area contributed by atoms with Crippen LogP contribution in [0.3, 0.4) is 0 Å². The van der Waals surface area contributed by atoms with Crippen molar-refractivity contribution in [3.63, 3.8) is 0 Å². The summed E-state index contributed by atoms with van der Waals surface area (Å²) < 4.78 is 0. The van der Waals surface area contributed by atoms with Crippen LogP contribution in [0.2, 0.25) is 0 Å². The van der Waals surface area contributed by atoms with Crippen LogP contribution in [0.15, 0.2) is 0 Å². The molecule has 2 rings (SSSR count). The topological polar surface area (TPSA) is 89.4 Å². The smallest absolute Gasteiger partial charge is 0.225 e. The average molecular weight is 253 g/mol. The summed E-state index contributed by atoms with van der Waals surface area (Å²) in [5.74, 6) is 0.317. The molecule has 5 heteroatoms. The summed E-state index contributed by atoms with van der Waals surface area (Å²) in [4.78, 5) is 25.2. The third-order valence-electron chi connectivity index (χ3n) is 4.14.